The summed E-state index contributed by atoms with van der Waals surface area (Å²) in [6, 6.07) is 7.77. The first-order valence-electron chi connectivity index (χ1n) is 9.27. The number of carbonyl (C=O) groups excluding carboxylic acids is 1. The fourth-order valence-corrected chi connectivity index (χ4v) is 3.88. The number of esters is 1. The number of methoxy groups -OCH3 is 1. The molecular weight excluding hydrogens is 344 g/mol. The molecule has 2 aliphatic rings. The second-order valence-corrected chi connectivity index (χ2v) is 7.77. The minimum Gasteiger partial charge on any atom is -0.512 e. The fourth-order valence-electron chi connectivity index (χ4n) is 3.88. The van der Waals surface area contributed by atoms with Gasteiger partial charge < -0.3 is 14.6 Å². The smallest absolute Gasteiger partial charge is 0.338 e. The van der Waals surface area contributed by atoms with Gasteiger partial charge in [-0.05, 0) is 57.0 Å². The molecule has 1 atom stereocenters. The average Bonchev–Trinajstić information content (AvgIpc) is 2.65. The number of carbonyl (C=O) groups is 1. The van der Waals surface area contributed by atoms with E-state index >= 15 is 0 Å². The lowest BCUT2D eigenvalue weighted by atomic mass is 9.80. The van der Waals surface area contributed by atoms with E-state index in [1.54, 1.807) is 6.07 Å². The highest BCUT2D eigenvalue weighted by molar-refractivity contribution is 5.89. The first-order valence-corrected chi connectivity index (χ1v) is 9.27. The third kappa shape index (κ3) is 4.09. The highest BCUT2D eigenvalue weighted by Gasteiger charge is 2.37. The van der Waals surface area contributed by atoms with Gasteiger partial charge in [0.25, 0.3) is 0 Å². The Bertz CT molecular complexity index is 807. The molecule has 144 valence electrons. The molecule has 6 nitrogen and oxygen atoms in total. The number of rotatable bonds is 4. The van der Waals surface area contributed by atoms with E-state index in [4.69, 9.17) is 14.7 Å². The Morgan fingerprint density at radius 1 is 1.48 bits per heavy atom. The number of aliphatic hydroxyl groups is 1. The molecule has 27 heavy (non-hydrogen) atoms. The van der Waals surface area contributed by atoms with Crippen LogP contribution in [0.3, 0.4) is 0 Å². The highest BCUT2D eigenvalue weighted by atomic mass is 16.5. The molecular formula is C21H26N2O4. The van der Waals surface area contributed by atoms with E-state index in [9.17, 15) is 9.90 Å². The lowest BCUT2D eigenvalue weighted by molar-refractivity contribution is -0.136. The number of benzene rings is 1. The summed E-state index contributed by atoms with van der Waals surface area (Å²) in [7, 11) is 1.33. The zero-order valence-corrected chi connectivity index (χ0v) is 16.1. The van der Waals surface area contributed by atoms with Crippen molar-refractivity contribution in [1.29, 1.82) is 5.26 Å². The van der Waals surface area contributed by atoms with E-state index in [2.05, 4.69) is 24.8 Å². The van der Waals surface area contributed by atoms with Crippen molar-refractivity contribution in [1.82, 2.24) is 4.90 Å². The maximum absolute atomic E-state index is 11.8. The topological polar surface area (TPSA) is 82.8 Å². The molecule has 1 aromatic carbocycles. The Labute approximate surface area is 160 Å². The molecule has 2 aliphatic heterocycles. The number of nitrogens with zero attached hydrogens (tertiary/aromatic N) is 2. The van der Waals surface area contributed by atoms with Crippen LogP contribution in [0.2, 0.25) is 0 Å². The van der Waals surface area contributed by atoms with Crippen LogP contribution < -0.4 is 4.74 Å². The number of ether oxygens (including phenoxy) is 2. The molecule has 2 heterocycles. The minimum atomic E-state index is -0.462. The molecule has 1 aromatic rings. The zero-order chi connectivity index (χ0) is 19.6. The van der Waals surface area contributed by atoms with E-state index in [0.29, 0.717) is 30.0 Å². The maximum Gasteiger partial charge on any atom is 0.338 e. The van der Waals surface area contributed by atoms with Crippen LogP contribution in [0.15, 0.2) is 29.5 Å². The molecule has 1 unspecified atom stereocenters. The molecule has 0 bridgehead atoms. The van der Waals surface area contributed by atoms with Crippen LogP contribution in [-0.2, 0) is 16.0 Å². The lowest BCUT2D eigenvalue weighted by Gasteiger charge is -2.41. The summed E-state index contributed by atoms with van der Waals surface area (Å²) in [4.78, 5) is 14.0. The standard InChI is InChI=1S/C21H26N2O4/c1-21(2)16(11-15-10-14(12-22)4-5-19(15)27-21)6-8-23-9-7-18(24)17(13-23)20(25)26-3/h4-5,10,16,24H,6-9,11,13H2,1-3H3. The highest BCUT2D eigenvalue weighted by Crippen LogP contribution is 2.39. The quantitative estimate of drug-likeness (QED) is 0.821. The van der Waals surface area contributed by atoms with Crippen molar-refractivity contribution < 1.29 is 19.4 Å². The molecule has 0 spiro atoms. The van der Waals surface area contributed by atoms with E-state index in [1.807, 2.05) is 12.1 Å². The van der Waals surface area contributed by atoms with Gasteiger partial charge in [0, 0.05) is 25.4 Å². The lowest BCUT2D eigenvalue weighted by Crippen LogP contribution is -2.44. The van der Waals surface area contributed by atoms with Crippen LogP contribution in [0.25, 0.3) is 0 Å². The van der Waals surface area contributed by atoms with E-state index in [0.717, 1.165) is 37.2 Å². The van der Waals surface area contributed by atoms with Gasteiger partial charge in [-0.3, -0.25) is 4.90 Å². The molecule has 0 fully saturated rings. The van der Waals surface area contributed by atoms with Crippen LogP contribution in [0.4, 0.5) is 0 Å². The van der Waals surface area contributed by atoms with Crippen LogP contribution in [0, 0.1) is 17.2 Å². The van der Waals surface area contributed by atoms with E-state index < -0.39 is 5.97 Å². The van der Waals surface area contributed by atoms with Gasteiger partial charge in [-0.1, -0.05) is 0 Å². The Kier molecular flexibility index (Phi) is 5.43. The molecule has 0 saturated carbocycles. The SMILES string of the molecule is COC(=O)C1=C(O)CCN(CCC2Cc3cc(C#N)ccc3OC2(C)C)C1. The van der Waals surface area contributed by atoms with Crippen molar-refractivity contribution in [3.05, 3.63) is 40.7 Å². The third-order valence-corrected chi connectivity index (χ3v) is 5.63. The van der Waals surface area contributed by atoms with Gasteiger partial charge in [-0.2, -0.15) is 5.26 Å². The van der Waals surface area contributed by atoms with E-state index in [1.165, 1.54) is 7.11 Å². The van der Waals surface area contributed by atoms with Crippen molar-refractivity contribution in [3.63, 3.8) is 0 Å². The Morgan fingerprint density at radius 2 is 2.26 bits per heavy atom. The molecule has 3 rings (SSSR count). The summed E-state index contributed by atoms with van der Waals surface area (Å²) >= 11 is 0. The summed E-state index contributed by atoms with van der Waals surface area (Å²) in [5.41, 5.74) is 1.77. The van der Waals surface area contributed by atoms with Gasteiger partial charge in [-0.25, -0.2) is 4.79 Å². The molecule has 0 amide bonds. The summed E-state index contributed by atoms with van der Waals surface area (Å²) in [5, 5.41) is 19.1. The Hall–Kier alpha value is -2.52. The monoisotopic (exact) mass is 370 g/mol. The Morgan fingerprint density at radius 3 is 2.96 bits per heavy atom. The minimum absolute atomic E-state index is 0.136. The zero-order valence-electron chi connectivity index (χ0n) is 16.1. The molecule has 0 radical (unpaired) electrons. The van der Waals surface area contributed by atoms with Crippen LogP contribution >= 0.6 is 0 Å². The fraction of sp³-hybridized carbons (Fsp3) is 0.524. The van der Waals surface area contributed by atoms with Gasteiger partial charge >= 0.3 is 5.97 Å². The van der Waals surface area contributed by atoms with Crippen molar-refractivity contribution in [2.24, 2.45) is 5.92 Å². The van der Waals surface area contributed by atoms with Crippen LogP contribution in [-0.4, -0.2) is 48.3 Å². The summed E-state index contributed by atoms with van der Waals surface area (Å²) in [6.45, 7) is 6.12. The number of hydrogen-bond acceptors (Lipinski definition) is 6. The second-order valence-electron chi connectivity index (χ2n) is 7.77. The molecule has 0 aliphatic carbocycles. The van der Waals surface area contributed by atoms with E-state index in [-0.39, 0.29) is 11.4 Å². The van der Waals surface area contributed by atoms with Crippen molar-refractivity contribution >= 4 is 5.97 Å². The molecule has 6 heteroatoms. The first-order chi connectivity index (χ1) is 12.8. The molecule has 1 N–H and O–H groups in total. The summed E-state index contributed by atoms with van der Waals surface area (Å²) in [6.07, 6.45) is 2.22. The summed E-state index contributed by atoms with van der Waals surface area (Å²) < 4.78 is 11.0. The van der Waals surface area contributed by atoms with Crippen molar-refractivity contribution in [3.8, 4) is 11.8 Å². The van der Waals surface area contributed by atoms with Crippen molar-refractivity contribution in [2.45, 2.75) is 38.7 Å². The molecule has 0 saturated heterocycles. The Balaban J connectivity index is 1.67. The van der Waals surface area contributed by atoms with Gasteiger partial charge in [-0.15, -0.1) is 0 Å². The predicted molar refractivity (Wildman–Crippen MR) is 100 cm³/mol. The van der Waals surface area contributed by atoms with Crippen molar-refractivity contribution in [2.75, 3.05) is 26.7 Å². The number of nitriles is 1. The number of aliphatic hydroxyl groups excluding tert-OH is 1. The normalized spacial score (nSPS) is 21.8. The molecule has 0 aromatic heterocycles. The van der Waals surface area contributed by atoms with Crippen LogP contribution in [0.5, 0.6) is 5.75 Å². The maximum atomic E-state index is 11.8. The largest absolute Gasteiger partial charge is 0.512 e. The number of fused-ring (bicyclic) bond motifs is 1. The predicted octanol–water partition coefficient (Wildman–Crippen LogP) is 2.97. The van der Waals surface area contributed by atoms with Gasteiger partial charge in [0.15, 0.2) is 0 Å². The van der Waals surface area contributed by atoms with Gasteiger partial charge in [0.1, 0.15) is 17.1 Å². The van der Waals surface area contributed by atoms with Gasteiger partial charge in [0.05, 0.1) is 24.3 Å². The van der Waals surface area contributed by atoms with Crippen LogP contribution in [0.1, 0.15) is 37.8 Å². The third-order valence-electron chi connectivity index (χ3n) is 5.63. The average molecular weight is 370 g/mol. The van der Waals surface area contributed by atoms with Gasteiger partial charge in [0.2, 0.25) is 0 Å². The second kappa shape index (κ2) is 7.61. The number of hydrogen-bond donors (Lipinski definition) is 1. The summed E-state index contributed by atoms with van der Waals surface area (Å²) in [5.74, 6) is 0.822. The first kappa shape index (κ1) is 19.2.